The van der Waals surface area contributed by atoms with Gasteiger partial charge in [0.25, 0.3) is 0 Å². The van der Waals surface area contributed by atoms with Gasteiger partial charge in [-0.1, -0.05) is 73.0 Å². The summed E-state index contributed by atoms with van der Waals surface area (Å²) in [5.74, 6) is -2.47. The maximum atomic E-state index is 12.7. The summed E-state index contributed by atoms with van der Waals surface area (Å²) in [5, 5.41) is 26.3. The molecule has 4 aromatic rings. The van der Waals surface area contributed by atoms with Gasteiger partial charge in [0.05, 0.1) is 34.0 Å². The van der Waals surface area contributed by atoms with Crippen molar-refractivity contribution in [3.8, 4) is 18.2 Å². The molecule has 0 aliphatic carbocycles. The number of aryl methyl sites for hydroxylation is 5. The van der Waals surface area contributed by atoms with E-state index in [1.807, 2.05) is 57.2 Å². The third kappa shape index (κ3) is 11.1. The number of aromatic nitrogens is 2. The molecule has 0 bridgehead atoms. The molecule has 4 heterocycles. The molecule has 0 saturated carbocycles. The number of hydrogen-bond acceptors (Lipinski definition) is 13. The zero-order chi connectivity index (χ0) is 50.9. The van der Waals surface area contributed by atoms with Crippen molar-refractivity contribution in [3.63, 3.8) is 0 Å². The van der Waals surface area contributed by atoms with E-state index in [4.69, 9.17) is 51.3 Å². The van der Waals surface area contributed by atoms with Crippen LogP contribution in [0, 0.1) is 89.0 Å². The summed E-state index contributed by atoms with van der Waals surface area (Å²) in [6.07, 6.45) is 0. The van der Waals surface area contributed by atoms with Crippen LogP contribution in [0.2, 0.25) is 0 Å². The topological polar surface area (TPSA) is 234 Å². The molecular weight excluding hydrogens is 936 g/mol. The van der Waals surface area contributed by atoms with E-state index in [0.717, 1.165) is 27.8 Å². The number of allylic oxidation sites excluding steroid dienone is 2. The SMILES string of the molecule is CC1=N/C(=C(/c2ccccc2)c2[n-]c(C)c(C(=O)OCC#N)c2C)C(C)=C1C(=O)OCC#N.[C-]#[N+]COC(=O)c1c(C)[n-]c(/C(=C2\N=C(C)C(C(=O)OCC#N)=C2C)c2c(C)cc(C)cc2C)c1C.[Co+2]. The molecule has 2 aliphatic heterocycles. The second kappa shape index (κ2) is 23.6. The molecule has 0 fully saturated rings. The molecule has 0 N–H and O–H groups in total. The van der Waals surface area contributed by atoms with Gasteiger partial charge in [0, 0.05) is 11.1 Å². The number of rotatable bonds is 12. The quantitative estimate of drug-likeness (QED) is 0.0738. The van der Waals surface area contributed by atoms with Crippen molar-refractivity contribution in [2.75, 3.05) is 26.6 Å². The second-order valence-corrected chi connectivity index (χ2v) is 16.0. The number of hydrogen-bond donors (Lipinski definition) is 0. The van der Waals surface area contributed by atoms with E-state index in [9.17, 15) is 19.2 Å². The molecule has 16 nitrogen and oxygen atoms in total. The Morgan fingerprint density at radius 1 is 0.586 bits per heavy atom. The van der Waals surface area contributed by atoms with Gasteiger partial charge in [0.1, 0.15) is 18.2 Å². The van der Waals surface area contributed by atoms with Gasteiger partial charge in [-0.15, -0.1) is 22.8 Å². The van der Waals surface area contributed by atoms with Crippen molar-refractivity contribution in [1.29, 1.82) is 15.8 Å². The fraction of sp³-hybridized carbons (Fsp3) is 0.283. The first kappa shape index (κ1) is 54.3. The predicted molar refractivity (Wildman–Crippen MR) is 255 cm³/mol. The van der Waals surface area contributed by atoms with Crippen LogP contribution in [0.5, 0.6) is 0 Å². The number of carbonyl (C=O) groups is 4. The molecule has 0 saturated heterocycles. The van der Waals surface area contributed by atoms with Crippen molar-refractivity contribution >= 4 is 46.4 Å². The standard InChI is InChI=1S/C28H28N4O4.C25H22N4O4.Co/c1-14-11-15(2)21(16(3)12-14)24(25-17(4)22(19(6)31-25)27(33)35-10-9-29)26-18(5)23(20(7)32-26)28(34)36-13-30-8;1-14-19(24(30)32-12-10-26)16(3)28-22(14)21(18-8-6-5-7-9-18)23-15(2)20(17(4)29-23)25(31)33-13-11-27;/h11-12H,10,13H2,1-7H3,(H,31,32,33,34);5-9H,12-13H2,1-4H3,(H,28,29,30,31);/q;;+2/p-2. The number of nitriles is 3. The number of benzene rings is 2. The van der Waals surface area contributed by atoms with E-state index in [1.165, 1.54) is 0 Å². The van der Waals surface area contributed by atoms with Crippen molar-refractivity contribution in [1.82, 2.24) is 9.97 Å². The zero-order valence-corrected chi connectivity index (χ0v) is 41.6. The summed E-state index contributed by atoms with van der Waals surface area (Å²) in [5.41, 5.74) is 13.7. The Hall–Kier alpha value is -8.35. The van der Waals surface area contributed by atoms with Gasteiger partial charge in [-0.05, 0) is 107 Å². The molecule has 0 atom stereocenters. The fourth-order valence-corrected chi connectivity index (χ4v) is 8.55. The summed E-state index contributed by atoms with van der Waals surface area (Å²) >= 11 is 0. The molecule has 6 rings (SSSR count). The van der Waals surface area contributed by atoms with Crippen LogP contribution in [0.3, 0.4) is 0 Å². The Bertz CT molecular complexity index is 3160. The van der Waals surface area contributed by atoms with E-state index >= 15 is 0 Å². The van der Waals surface area contributed by atoms with Gasteiger partial charge in [-0.25, -0.2) is 25.8 Å². The van der Waals surface area contributed by atoms with Crippen LogP contribution in [0.1, 0.15) is 110 Å². The summed E-state index contributed by atoms with van der Waals surface area (Å²) in [4.78, 5) is 72.4. The van der Waals surface area contributed by atoms with E-state index in [2.05, 4.69) is 27.0 Å². The molecule has 1 radical (unpaired) electrons. The molecule has 0 amide bonds. The first-order valence-corrected chi connectivity index (χ1v) is 21.4. The number of nitrogens with zero attached hydrogens (tertiary/aromatic N) is 8. The monoisotopic (exact) mass is 983 g/mol. The van der Waals surface area contributed by atoms with Gasteiger partial charge in [0.15, 0.2) is 19.8 Å². The number of ether oxygens (including phenoxy) is 4. The van der Waals surface area contributed by atoms with E-state index < -0.39 is 23.9 Å². The van der Waals surface area contributed by atoms with E-state index in [-0.39, 0.29) is 43.3 Å². The Morgan fingerprint density at radius 3 is 1.41 bits per heavy atom. The molecular formula is C53H48CoN8O8. The van der Waals surface area contributed by atoms with Gasteiger partial charge in [-0.2, -0.15) is 15.8 Å². The maximum Gasteiger partial charge on any atom is 2.00 e. The Balaban J connectivity index is 0.000000301. The van der Waals surface area contributed by atoms with Crippen LogP contribution in [0.15, 0.2) is 86.1 Å². The maximum absolute atomic E-state index is 12.7. The summed E-state index contributed by atoms with van der Waals surface area (Å²) < 4.78 is 20.2. The molecule has 357 valence electrons. The molecule has 17 heteroatoms. The molecule has 0 spiro atoms. The van der Waals surface area contributed by atoms with Gasteiger partial charge < -0.3 is 28.9 Å². The second-order valence-electron chi connectivity index (χ2n) is 16.0. The fourth-order valence-electron chi connectivity index (χ4n) is 8.55. The molecule has 0 unspecified atom stereocenters. The minimum atomic E-state index is -0.623. The first-order valence-electron chi connectivity index (χ1n) is 21.4. The van der Waals surface area contributed by atoms with Crippen molar-refractivity contribution in [3.05, 3.63) is 160 Å². The summed E-state index contributed by atoms with van der Waals surface area (Å²) in [6, 6.07) is 18.9. The average molecular weight is 984 g/mol. The van der Waals surface area contributed by atoms with Crippen molar-refractivity contribution in [2.24, 2.45) is 9.98 Å². The number of esters is 4. The number of aliphatic imine (C=N–C) groups is 2. The molecule has 70 heavy (non-hydrogen) atoms. The largest absolute Gasteiger partial charge is 2.00 e. The predicted octanol–water partition coefficient (Wildman–Crippen LogP) is 8.39. The smallest absolute Gasteiger partial charge is 0.660 e. The van der Waals surface area contributed by atoms with Crippen LogP contribution in [0.4, 0.5) is 0 Å². The van der Waals surface area contributed by atoms with Crippen LogP contribution in [-0.4, -0.2) is 61.9 Å². The van der Waals surface area contributed by atoms with Gasteiger partial charge >= 0.3 is 47.4 Å². The van der Waals surface area contributed by atoms with Crippen molar-refractivity contribution < 1.29 is 54.9 Å². The van der Waals surface area contributed by atoms with Crippen LogP contribution >= 0.6 is 0 Å². The minimum absolute atomic E-state index is 0. The molecule has 2 aromatic heterocycles. The van der Waals surface area contributed by atoms with Crippen molar-refractivity contribution in [2.45, 2.75) is 76.2 Å². The molecule has 2 aliphatic rings. The van der Waals surface area contributed by atoms with Crippen LogP contribution in [-0.2, 0) is 45.3 Å². The summed E-state index contributed by atoms with van der Waals surface area (Å²) in [7, 11) is 0. The van der Waals surface area contributed by atoms with Gasteiger partial charge in [-0.3, -0.25) is 14.8 Å². The first-order chi connectivity index (χ1) is 32.8. The normalized spacial score (nSPS) is 14.0. The van der Waals surface area contributed by atoms with E-state index in [1.54, 1.807) is 67.5 Å². The Labute approximate surface area is 416 Å². The Morgan fingerprint density at radius 2 is 0.986 bits per heavy atom. The van der Waals surface area contributed by atoms with Gasteiger partial charge in [0.2, 0.25) is 0 Å². The third-order valence-corrected chi connectivity index (χ3v) is 11.3. The Kier molecular flexibility index (Phi) is 18.3. The average Bonchev–Trinajstić information content (AvgIpc) is 3.98. The minimum Gasteiger partial charge on any atom is -0.660 e. The van der Waals surface area contributed by atoms with Crippen LogP contribution in [0.25, 0.3) is 16.0 Å². The third-order valence-electron chi connectivity index (χ3n) is 11.3. The zero-order valence-electron chi connectivity index (χ0n) is 40.5. The number of carbonyl (C=O) groups excluding carboxylic acids is 4. The molecule has 2 aromatic carbocycles. The van der Waals surface area contributed by atoms with E-state index in [0.29, 0.717) is 101 Å². The summed E-state index contributed by atoms with van der Waals surface area (Å²) in [6.45, 7) is 25.4. The van der Waals surface area contributed by atoms with Crippen LogP contribution < -0.4 is 9.97 Å².